The summed E-state index contributed by atoms with van der Waals surface area (Å²) < 4.78 is 80.5. The van der Waals surface area contributed by atoms with Crippen molar-refractivity contribution in [1.29, 1.82) is 0 Å². The lowest BCUT2D eigenvalue weighted by atomic mass is 9.84. The zero-order valence-corrected chi connectivity index (χ0v) is 21.5. The Morgan fingerprint density at radius 2 is 1.40 bits per heavy atom. The number of nitrogens with zero attached hydrogens (tertiary/aromatic N) is 4. The Kier molecular flexibility index (Phi) is 7.76. The van der Waals surface area contributed by atoms with E-state index in [2.05, 4.69) is 14.8 Å². The molecule has 0 bridgehead atoms. The van der Waals surface area contributed by atoms with E-state index in [0.717, 1.165) is 37.6 Å². The van der Waals surface area contributed by atoms with E-state index in [1.54, 1.807) is 6.20 Å². The molecule has 5 nitrogen and oxygen atoms in total. The highest BCUT2D eigenvalue weighted by molar-refractivity contribution is 5.95. The van der Waals surface area contributed by atoms with Crippen molar-refractivity contribution in [2.75, 3.05) is 44.2 Å². The summed E-state index contributed by atoms with van der Waals surface area (Å²) in [5.41, 5.74) is -2.63. The van der Waals surface area contributed by atoms with Gasteiger partial charge in [0.15, 0.2) is 0 Å². The van der Waals surface area contributed by atoms with Crippen LogP contribution < -0.4 is 4.90 Å². The number of anilines is 1. The Morgan fingerprint density at radius 1 is 0.775 bits per heavy atom. The van der Waals surface area contributed by atoms with Gasteiger partial charge in [-0.15, -0.1) is 0 Å². The van der Waals surface area contributed by atoms with Gasteiger partial charge in [-0.05, 0) is 42.3 Å². The number of amides is 1. The number of rotatable bonds is 4. The first kappa shape index (κ1) is 27.9. The van der Waals surface area contributed by atoms with Gasteiger partial charge in [-0.25, -0.2) is 4.98 Å². The van der Waals surface area contributed by atoms with Gasteiger partial charge < -0.3 is 9.80 Å². The fourth-order valence-electron chi connectivity index (χ4n) is 5.67. The highest BCUT2D eigenvalue weighted by atomic mass is 19.4. The van der Waals surface area contributed by atoms with Crippen LogP contribution in [0.3, 0.4) is 0 Å². The topological polar surface area (TPSA) is 39.7 Å². The quantitative estimate of drug-likeness (QED) is 0.369. The summed E-state index contributed by atoms with van der Waals surface area (Å²) in [6.45, 7) is 3.48. The normalized spacial score (nSPS) is 20.9. The monoisotopic (exact) mass is 562 g/mol. The van der Waals surface area contributed by atoms with E-state index in [1.807, 2.05) is 48.5 Å². The van der Waals surface area contributed by atoms with Gasteiger partial charge in [0.05, 0.1) is 11.1 Å². The number of alkyl halides is 6. The maximum Gasteiger partial charge on any atom is 0.416 e. The fraction of sp³-hybridized carbons (Fsp3) is 0.379. The molecule has 0 unspecified atom stereocenters. The molecule has 0 N–H and O–H groups in total. The number of carbonyl (C=O) groups excluding carboxylic acids is 1. The number of aromatic nitrogens is 1. The summed E-state index contributed by atoms with van der Waals surface area (Å²) in [6, 6.07) is 16.4. The van der Waals surface area contributed by atoms with Crippen LogP contribution in [0.25, 0.3) is 0 Å². The molecule has 11 heteroatoms. The van der Waals surface area contributed by atoms with Crippen molar-refractivity contribution in [2.24, 2.45) is 0 Å². The van der Waals surface area contributed by atoms with Crippen molar-refractivity contribution in [3.05, 3.63) is 95.2 Å². The highest BCUT2D eigenvalue weighted by Crippen LogP contribution is 2.38. The van der Waals surface area contributed by atoms with Crippen molar-refractivity contribution in [3.63, 3.8) is 0 Å². The highest BCUT2D eigenvalue weighted by Gasteiger charge is 2.40. The largest absolute Gasteiger partial charge is 0.416 e. The maximum atomic E-state index is 13.4. The van der Waals surface area contributed by atoms with E-state index in [-0.39, 0.29) is 31.1 Å². The van der Waals surface area contributed by atoms with E-state index in [0.29, 0.717) is 18.6 Å². The van der Waals surface area contributed by atoms with Crippen LogP contribution in [0.15, 0.2) is 72.9 Å². The van der Waals surface area contributed by atoms with Crippen molar-refractivity contribution in [1.82, 2.24) is 14.8 Å². The summed E-state index contributed by atoms with van der Waals surface area (Å²) in [5, 5.41) is 0. The van der Waals surface area contributed by atoms with E-state index in [9.17, 15) is 31.1 Å². The first-order valence-electron chi connectivity index (χ1n) is 13.0. The molecule has 1 aromatic heterocycles. The molecular weight excluding hydrogens is 534 g/mol. The van der Waals surface area contributed by atoms with Crippen molar-refractivity contribution in [3.8, 4) is 0 Å². The average molecular weight is 563 g/mol. The first-order valence-corrected chi connectivity index (χ1v) is 13.0. The lowest BCUT2D eigenvalue weighted by Crippen LogP contribution is -2.56. The zero-order chi connectivity index (χ0) is 28.5. The summed E-state index contributed by atoms with van der Waals surface area (Å²) in [6.07, 6.45) is -7.75. The standard InChI is InChI=1S/C29H28F6N4O/c30-28(31,32)22-16-21(17-23(18-22)29(33,34)35)27(40)39-11-9-25(24(19-39)20-6-2-1-3-7-20)37-12-14-38(15-13-37)26-8-4-5-10-36-26/h1-8,10,16-18,24-25H,9,11-15,19H2/t24-,25-/m0/s1. The van der Waals surface area contributed by atoms with Crippen LogP contribution in [0, 0.1) is 0 Å². The molecule has 2 aliphatic heterocycles. The molecule has 212 valence electrons. The van der Waals surface area contributed by atoms with Gasteiger partial charge in [0, 0.05) is 63.0 Å². The lowest BCUT2D eigenvalue weighted by molar-refractivity contribution is -0.143. The van der Waals surface area contributed by atoms with Crippen LogP contribution in [0.5, 0.6) is 0 Å². The second-order valence-corrected chi connectivity index (χ2v) is 10.1. The van der Waals surface area contributed by atoms with Gasteiger partial charge in [-0.1, -0.05) is 36.4 Å². The molecule has 2 aliphatic rings. The van der Waals surface area contributed by atoms with Crippen molar-refractivity contribution in [2.45, 2.75) is 30.7 Å². The molecule has 2 fully saturated rings. The SMILES string of the molecule is O=C(c1cc(C(F)(F)F)cc(C(F)(F)F)c1)N1CC[C@H](N2CCN(c3ccccn3)CC2)[C@H](c2ccccc2)C1. The Morgan fingerprint density at radius 3 is 1.98 bits per heavy atom. The number of likely N-dealkylation sites (tertiary alicyclic amines) is 1. The summed E-state index contributed by atoms with van der Waals surface area (Å²) in [7, 11) is 0. The van der Waals surface area contributed by atoms with Crippen molar-refractivity contribution >= 4 is 11.7 Å². The van der Waals surface area contributed by atoms with Crippen molar-refractivity contribution < 1.29 is 31.1 Å². The molecule has 2 saturated heterocycles. The number of hydrogen-bond acceptors (Lipinski definition) is 4. The molecule has 0 radical (unpaired) electrons. The third-order valence-corrected chi connectivity index (χ3v) is 7.68. The number of piperazine rings is 1. The van der Waals surface area contributed by atoms with E-state index < -0.39 is 35.0 Å². The predicted octanol–water partition coefficient (Wildman–Crippen LogP) is 5.94. The summed E-state index contributed by atoms with van der Waals surface area (Å²) >= 11 is 0. The number of piperidine rings is 1. The Labute approximate surface area is 228 Å². The number of carbonyl (C=O) groups is 1. The Hall–Kier alpha value is -3.60. The molecule has 3 aromatic rings. The number of halogens is 6. The van der Waals surface area contributed by atoms with Crippen LogP contribution in [0.1, 0.15) is 39.4 Å². The summed E-state index contributed by atoms with van der Waals surface area (Å²) in [5.74, 6) is -0.0920. The molecule has 0 aliphatic carbocycles. The van der Waals surface area contributed by atoms with E-state index in [4.69, 9.17) is 0 Å². The molecular formula is C29H28F6N4O. The van der Waals surface area contributed by atoms with E-state index >= 15 is 0 Å². The third-order valence-electron chi connectivity index (χ3n) is 7.68. The maximum absolute atomic E-state index is 13.4. The molecule has 0 saturated carbocycles. The number of benzene rings is 2. The second-order valence-electron chi connectivity index (χ2n) is 10.1. The Bertz CT molecular complexity index is 1280. The fourth-order valence-corrected chi connectivity index (χ4v) is 5.67. The summed E-state index contributed by atoms with van der Waals surface area (Å²) in [4.78, 5) is 23.8. The molecule has 5 rings (SSSR count). The minimum absolute atomic E-state index is 0.0421. The molecule has 0 spiro atoms. The van der Waals surface area contributed by atoms with Gasteiger partial charge in [-0.3, -0.25) is 9.69 Å². The van der Waals surface area contributed by atoms with Crippen LogP contribution in [-0.2, 0) is 12.4 Å². The minimum Gasteiger partial charge on any atom is -0.354 e. The van der Waals surface area contributed by atoms with Crippen LogP contribution in [-0.4, -0.2) is 66.0 Å². The minimum atomic E-state index is -5.02. The average Bonchev–Trinajstić information content (AvgIpc) is 2.96. The molecule has 2 aromatic carbocycles. The molecule has 3 heterocycles. The smallest absolute Gasteiger partial charge is 0.354 e. The zero-order valence-electron chi connectivity index (χ0n) is 21.5. The first-order chi connectivity index (χ1) is 19.0. The number of pyridine rings is 1. The van der Waals surface area contributed by atoms with Crippen LogP contribution in [0.2, 0.25) is 0 Å². The van der Waals surface area contributed by atoms with Crippen LogP contribution in [0.4, 0.5) is 32.2 Å². The van der Waals surface area contributed by atoms with Gasteiger partial charge in [0.25, 0.3) is 5.91 Å². The van der Waals surface area contributed by atoms with Crippen LogP contribution >= 0.6 is 0 Å². The molecule has 2 atom stereocenters. The predicted molar refractivity (Wildman–Crippen MR) is 138 cm³/mol. The molecule has 40 heavy (non-hydrogen) atoms. The third kappa shape index (κ3) is 6.09. The Balaban J connectivity index is 1.37. The number of hydrogen-bond donors (Lipinski definition) is 0. The lowest BCUT2D eigenvalue weighted by Gasteiger charge is -2.47. The van der Waals surface area contributed by atoms with Gasteiger partial charge in [0.1, 0.15) is 5.82 Å². The van der Waals surface area contributed by atoms with Gasteiger partial charge in [0.2, 0.25) is 0 Å². The van der Waals surface area contributed by atoms with Gasteiger partial charge in [-0.2, -0.15) is 26.3 Å². The van der Waals surface area contributed by atoms with Gasteiger partial charge >= 0.3 is 12.4 Å². The molecule has 1 amide bonds. The van der Waals surface area contributed by atoms with E-state index in [1.165, 1.54) is 4.90 Å². The second kappa shape index (κ2) is 11.1.